The minimum Gasteiger partial charge on any atom is -0.506 e. The minimum atomic E-state index is -3.74. The fourth-order valence-corrected chi connectivity index (χ4v) is 4.91. The molecule has 1 amide bonds. The summed E-state index contributed by atoms with van der Waals surface area (Å²) in [5, 5.41) is 13.3. The van der Waals surface area contributed by atoms with Crippen molar-refractivity contribution in [3.05, 3.63) is 53.5 Å². The van der Waals surface area contributed by atoms with Crippen molar-refractivity contribution in [3.8, 4) is 5.75 Å². The molecule has 2 aromatic carbocycles. The smallest absolute Gasteiger partial charge is 0.243 e. The lowest BCUT2D eigenvalue weighted by Crippen LogP contribution is -2.30. The molecule has 0 radical (unpaired) electrons. The molecule has 0 aliphatic carbocycles. The molecule has 0 unspecified atom stereocenters. The van der Waals surface area contributed by atoms with E-state index in [2.05, 4.69) is 10.3 Å². The van der Waals surface area contributed by atoms with E-state index >= 15 is 0 Å². The maximum Gasteiger partial charge on any atom is 0.243 e. The van der Waals surface area contributed by atoms with Gasteiger partial charge in [-0.05, 0) is 48.9 Å². The van der Waals surface area contributed by atoms with Gasteiger partial charge >= 0.3 is 0 Å². The van der Waals surface area contributed by atoms with E-state index in [-0.39, 0.29) is 22.8 Å². The van der Waals surface area contributed by atoms with Gasteiger partial charge in [-0.15, -0.1) is 0 Å². The van der Waals surface area contributed by atoms with E-state index in [0.717, 1.165) is 5.69 Å². The number of hydrogen-bond donors (Lipinski definition) is 3. The van der Waals surface area contributed by atoms with Crippen molar-refractivity contribution in [3.63, 3.8) is 0 Å². The second-order valence-electron chi connectivity index (χ2n) is 6.91. The number of nitrogens with one attached hydrogen (secondary N) is 2. The standard InChI is InChI=1S/C21H24FN3O4S/c1-4-25(5-2)30(28,29)15-7-9-20(26)19(11-15)24-21(27)12-16-13(3)23-18-8-6-14(22)10-17(16)18/h6-11,23,26H,4-5,12H2,1-3H3,(H,24,27). The van der Waals surface area contributed by atoms with Gasteiger partial charge in [-0.3, -0.25) is 4.79 Å². The molecule has 0 saturated heterocycles. The third-order valence-corrected chi connectivity index (χ3v) is 7.05. The van der Waals surface area contributed by atoms with Crippen molar-refractivity contribution in [2.24, 2.45) is 0 Å². The highest BCUT2D eigenvalue weighted by Gasteiger charge is 2.23. The minimum absolute atomic E-state index is 0.00286. The number of aromatic nitrogens is 1. The maximum atomic E-state index is 13.6. The number of hydrogen-bond acceptors (Lipinski definition) is 4. The van der Waals surface area contributed by atoms with Crippen LogP contribution >= 0.6 is 0 Å². The molecule has 1 aromatic heterocycles. The van der Waals surface area contributed by atoms with Crippen LogP contribution in [0.2, 0.25) is 0 Å². The fraction of sp³-hybridized carbons (Fsp3) is 0.286. The summed E-state index contributed by atoms with van der Waals surface area (Å²) >= 11 is 0. The van der Waals surface area contributed by atoms with Crippen molar-refractivity contribution < 1.29 is 22.7 Å². The summed E-state index contributed by atoms with van der Waals surface area (Å²) in [5.41, 5.74) is 2.07. The molecular weight excluding hydrogens is 409 g/mol. The Labute approximate surface area is 174 Å². The molecule has 0 bridgehead atoms. The highest BCUT2D eigenvalue weighted by Crippen LogP contribution is 2.29. The molecule has 0 fully saturated rings. The number of halogens is 1. The summed E-state index contributed by atoms with van der Waals surface area (Å²) in [7, 11) is -3.74. The van der Waals surface area contributed by atoms with E-state index in [4.69, 9.17) is 0 Å². The molecule has 1 heterocycles. The van der Waals surface area contributed by atoms with E-state index in [0.29, 0.717) is 29.6 Å². The summed E-state index contributed by atoms with van der Waals surface area (Å²) in [6, 6.07) is 8.07. The molecule has 0 saturated carbocycles. The Morgan fingerprint density at radius 1 is 1.17 bits per heavy atom. The summed E-state index contributed by atoms with van der Waals surface area (Å²) < 4.78 is 40.4. The summed E-state index contributed by atoms with van der Waals surface area (Å²) in [6.45, 7) is 5.86. The van der Waals surface area contributed by atoms with Gasteiger partial charge in [0.05, 0.1) is 17.0 Å². The number of phenolic OH excluding ortho intramolecular Hbond substituents is 1. The number of H-pyrrole nitrogens is 1. The number of anilines is 1. The summed E-state index contributed by atoms with van der Waals surface area (Å²) in [4.78, 5) is 15.7. The number of amides is 1. The normalized spacial score (nSPS) is 11.9. The van der Waals surface area contributed by atoms with Crippen LogP contribution in [0.15, 0.2) is 41.3 Å². The maximum absolute atomic E-state index is 13.6. The number of sulfonamides is 1. The third-order valence-electron chi connectivity index (χ3n) is 5.00. The zero-order valence-electron chi connectivity index (χ0n) is 17.0. The number of benzene rings is 2. The first-order valence-electron chi connectivity index (χ1n) is 9.57. The van der Waals surface area contributed by atoms with Crippen LogP contribution in [0.5, 0.6) is 5.75 Å². The van der Waals surface area contributed by atoms with Crippen molar-refractivity contribution in [1.82, 2.24) is 9.29 Å². The lowest BCUT2D eigenvalue weighted by molar-refractivity contribution is -0.115. The number of aromatic hydroxyl groups is 1. The van der Waals surface area contributed by atoms with Crippen LogP contribution in [0, 0.1) is 12.7 Å². The largest absolute Gasteiger partial charge is 0.506 e. The van der Waals surface area contributed by atoms with Crippen LogP contribution in [-0.4, -0.2) is 41.8 Å². The van der Waals surface area contributed by atoms with Crippen LogP contribution in [0.25, 0.3) is 10.9 Å². The number of fused-ring (bicyclic) bond motifs is 1. The van der Waals surface area contributed by atoms with Crippen molar-refractivity contribution in [1.29, 1.82) is 0 Å². The Hall–Kier alpha value is -2.91. The molecule has 3 aromatic rings. The summed E-state index contributed by atoms with van der Waals surface area (Å²) in [6.07, 6.45) is -0.0677. The Balaban J connectivity index is 1.88. The van der Waals surface area contributed by atoms with Crippen LogP contribution in [-0.2, 0) is 21.2 Å². The van der Waals surface area contributed by atoms with Gasteiger partial charge in [0.2, 0.25) is 15.9 Å². The van der Waals surface area contributed by atoms with Gasteiger partial charge in [-0.25, -0.2) is 12.8 Å². The Bertz CT molecular complexity index is 1200. The van der Waals surface area contributed by atoms with Gasteiger partial charge in [-0.2, -0.15) is 4.31 Å². The van der Waals surface area contributed by atoms with E-state index < -0.39 is 21.7 Å². The zero-order chi connectivity index (χ0) is 22.1. The number of carbonyl (C=O) groups is 1. The lowest BCUT2D eigenvalue weighted by Gasteiger charge is -2.19. The molecule has 0 atom stereocenters. The average molecular weight is 434 g/mol. The predicted octanol–water partition coefficient (Wildman–Crippen LogP) is 3.53. The van der Waals surface area contributed by atoms with Crippen molar-refractivity contribution in [2.75, 3.05) is 18.4 Å². The van der Waals surface area contributed by atoms with E-state index in [1.54, 1.807) is 26.8 Å². The molecule has 0 spiro atoms. The van der Waals surface area contributed by atoms with Crippen LogP contribution in [0.4, 0.5) is 10.1 Å². The van der Waals surface area contributed by atoms with E-state index in [1.165, 1.54) is 34.6 Å². The first kappa shape index (κ1) is 21.8. The SMILES string of the molecule is CCN(CC)S(=O)(=O)c1ccc(O)c(NC(=O)Cc2c(C)[nH]c3ccc(F)cc23)c1. The number of phenols is 1. The first-order chi connectivity index (χ1) is 14.2. The summed E-state index contributed by atoms with van der Waals surface area (Å²) in [5.74, 6) is -1.12. The second kappa shape index (κ2) is 8.45. The van der Waals surface area contributed by atoms with Gasteiger partial charge in [0, 0.05) is 29.7 Å². The van der Waals surface area contributed by atoms with E-state index in [9.17, 15) is 22.7 Å². The van der Waals surface area contributed by atoms with Gasteiger partial charge in [0.25, 0.3) is 0 Å². The van der Waals surface area contributed by atoms with Gasteiger partial charge in [-0.1, -0.05) is 13.8 Å². The Morgan fingerprint density at radius 2 is 1.87 bits per heavy atom. The van der Waals surface area contributed by atoms with Crippen LogP contribution < -0.4 is 5.32 Å². The van der Waals surface area contributed by atoms with Crippen LogP contribution in [0.1, 0.15) is 25.1 Å². The fourth-order valence-electron chi connectivity index (χ4n) is 3.43. The first-order valence-corrected chi connectivity index (χ1v) is 11.0. The Morgan fingerprint density at radius 3 is 2.53 bits per heavy atom. The third kappa shape index (κ3) is 4.17. The quantitative estimate of drug-likeness (QED) is 0.496. The number of aromatic amines is 1. The van der Waals surface area contributed by atoms with Gasteiger partial charge < -0.3 is 15.4 Å². The lowest BCUT2D eigenvalue weighted by atomic mass is 10.1. The number of nitrogens with zero attached hydrogens (tertiary/aromatic N) is 1. The molecule has 9 heteroatoms. The molecule has 0 aliphatic rings. The zero-order valence-corrected chi connectivity index (χ0v) is 17.8. The molecule has 3 N–H and O–H groups in total. The predicted molar refractivity (Wildman–Crippen MR) is 114 cm³/mol. The van der Waals surface area contributed by atoms with Gasteiger partial charge in [0.15, 0.2) is 0 Å². The topological polar surface area (TPSA) is 102 Å². The average Bonchev–Trinajstić information content (AvgIpc) is 2.99. The molecule has 3 rings (SSSR count). The highest BCUT2D eigenvalue weighted by molar-refractivity contribution is 7.89. The monoisotopic (exact) mass is 433 g/mol. The van der Waals surface area contributed by atoms with Gasteiger partial charge in [0.1, 0.15) is 11.6 Å². The van der Waals surface area contributed by atoms with Crippen molar-refractivity contribution >= 4 is 32.5 Å². The number of carbonyl (C=O) groups excluding carboxylic acids is 1. The van der Waals surface area contributed by atoms with E-state index in [1.807, 2.05) is 0 Å². The molecule has 0 aliphatic heterocycles. The van der Waals surface area contributed by atoms with Crippen LogP contribution in [0.3, 0.4) is 0 Å². The molecular formula is C21H24FN3O4S. The molecule has 30 heavy (non-hydrogen) atoms. The second-order valence-corrected chi connectivity index (χ2v) is 8.85. The van der Waals surface area contributed by atoms with Crippen molar-refractivity contribution in [2.45, 2.75) is 32.1 Å². The highest BCUT2D eigenvalue weighted by atomic mass is 32.2. The molecule has 160 valence electrons. The number of aryl methyl sites for hydroxylation is 1. The number of rotatable bonds is 7. The molecule has 7 nitrogen and oxygen atoms in total. The Kier molecular flexibility index (Phi) is 6.14.